The number of anilines is 1. The number of carbonyl (C=O) groups is 3. The molecule has 0 spiro atoms. The average Bonchev–Trinajstić information content (AvgIpc) is 3.57. The van der Waals surface area contributed by atoms with Crippen LogP contribution in [-0.2, 0) is 14.3 Å². The lowest BCUT2D eigenvalue weighted by atomic mass is 10.0. The van der Waals surface area contributed by atoms with Crippen LogP contribution in [-0.4, -0.2) is 41.0 Å². The van der Waals surface area contributed by atoms with E-state index in [1.807, 2.05) is 63.2 Å². The second kappa shape index (κ2) is 10.3. The molecule has 3 amide bonds. The van der Waals surface area contributed by atoms with Crippen molar-refractivity contribution < 1.29 is 19.1 Å². The lowest BCUT2D eigenvalue weighted by Crippen LogP contribution is -2.47. The van der Waals surface area contributed by atoms with Crippen LogP contribution in [0.5, 0.6) is 0 Å². The molecule has 0 aromatic heterocycles. The molecule has 1 aliphatic carbocycles. The van der Waals surface area contributed by atoms with E-state index in [9.17, 15) is 14.4 Å². The molecule has 0 bridgehead atoms. The smallest absolute Gasteiger partial charge is 0.408 e. The van der Waals surface area contributed by atoms with Gasteiger partial charge in [0.25, 0.3) is 5.91 Å². The summed E-state index contributed by atoms with van der Waals surface area (Å²) in [5.74, 6) is -0.602. The third-order valence-corrected chi connectivity index (χ3v) is 5.66. The molecule has 0 radical (unpaired) electrons. The van der Waals surface area contributed by atoms with Crippen molar-refractivity contribution in [1.29, 1.82) is 0 Å². The van der Waals surface area contributed by atoms with Crippen molar-refractivity contribution >= 4 is 23.6 Å². The number of para-hydroxylation sites is 1. The Kier molecular flexibility index (Phi) is 7.64. The molecule has 1 fully saturated rings. The van der Waals surface area contributed by atoms with Crippen LogP contribution >= 0.6 is 0 Å². The number of nitrogens with one attached hydrogen (secondary N) is 2. The summed E-state index contributed by atoms with van der Waals surface area (Å²) in [4.78, 5) is 40.8. The largest absolute Gasteiger partial charge is 0.444 e. The third kappa shape index (κ3) is 6.59. The summed E-state index contributed by atoms with van der Waals surface area (Å²) in [6.45, 7) is 10.9. The second-order valence-electron chi connectivity index (χ2n) is 9.96. The highest BCUT2D eigenvalue weighted by atomic mass is 16.6. The fourth-order valence-corrected chi connectivity index (χ4v) is 3.85. The van der Waals surface area contributed by atoms with Gasteiger partial charge in [0.05, 0.1) is 0 Å². The first-order valence-corrected chi connectivity index (χ1v) is 11.7. The Labute approximate surface area is 201 Å². The van der Waals surface area contributed by atoms with Crippen LogP contribution in [0.4, 0.5) is 10.5 Å². The number of ether oxygens (including phenoxy) is 1. The first-order chi connectivity index (χ1) is 16.0. The molecule has 1 saturated carbocycles. The van der Waals surface area contributed by atoms with E-state index >= 15 is 0 Å². The zero-order valence-corrected chi connectivity index (χ0v) is 20.9. The van der Waals surface area contributed by atoms with Crippen LogP contribution in [0.1, 0.15) is 61.9 Å². The highest BCUT2D eigenvalue weighted by Crippen LogP contribution is 2.36. The Hall–Kier alpha value is -3.35. The normalized spacial score (nSPS) is 14.2. The molecule has 2 aromatic rings. The highest BCUT2D eigenvalue weighted by Gasteiger charge is 2.41. The van der Waals surface area contributed by atoms with E-state index in [1.165, 1.54) is 0 Å². The van der Waals surface area contributed by atoms with Gasteiger partial charge in [-0.1, -0.05) is 48.0 Å². The lowest BCUT2D eigenvalue weighted by molar-refractivity contribution is -0.138. The minimum absolute atomic E-state index is 0.0528. The third-order valence-electron chi connectivity index (χ3n) is 5.66. The fraction of sp³-hybridized carbons (Fsp3) is 0.444. The Morgan fingerprint density at radius 2 is 1.59 bits per heavy atom. The quantitative estimate of drug-likeness (QED) is 0.614. The summed E-state index contributed by atoms with van der Waals surface area (Å²) >= 11 is 0. The Bertz CT molecular complexity index is 1030. The predicted molar refractivity (Wildman–Crippen MR) is 133 cm³/mol. The van der Waals surface area contributed by atoms with Crippen LogP contribution in [0.15, 0.2) is 42.5 Å². The van der Waals surface area contributed by atoms with Crippen molar-refractivity contribution in [2.75, 3.05) is 11.9 Å². The van der Waals surface area contributed by atoms with Gasteiger partial charge in [0.1, 0.15) is 18.2 Å². The number of aryl methyl sites for hydroxylation is 3. The number of benzene rings is 2. The Morgan fingerprint density at radius 1 is 1.00 bits per heavy atom. The molecule has 34 heavy (non-hydrogen) atoms. The number of hydrogen-bond donors (Lipinski definition) is 2. The molecular weight excluding hydrogens is 430 g/mol. The van der Waals surface area contributed by atoms with Crippen molar-refractivity contribution in [3.05, 3.63) is 64.7 Å². The van der Waals surface area contributed by atoms with Gasteiger partial charge in [0, 0.05) is 11.7 Å². The van der Waals surface area contributed by atoms with Crippen LogP contribution in [0, 0.1) is 20.8 Å². The molecule has 7 nitrogen and oxygen atoms in total. The first kappa shape index (κ1) is 25.3. The molecule has 2 N–H and O–H groups in total. The standard InChI is InChI=1S/C27H35N3O4/c1-17-10-12-20(13-11-17)24(25(32)29-23-18(2)8-7-9-19(23)3)30(21-14-15-21)22(31)16-28-26(33)34-27(4,5)6/h7-13,21,24H,14-16H2,1-6H3,(H,28,33)(H,29,32). The number of carbonyl (C=O) groups excluding carboxylic acids is 3. The monoisotopic (exact) mass is 465 g/mol. The van der Waals surface area contributed by atoms with E-state index in [0.717, 1.165) is 40.8 Å². The number of alkyl carbamates (subject to hydrolysis) is 1. The van der Waals surface area contributed by atoms with E-state index in [-0.39, 0.29) is 24.4 Å². The van der Waals surface area contributed by atoms with Crippen LogP contribution in [0.25, 0.3) is 0 Å². The maximum absolute atomic E-state index is 13.7. The number of nitrogens with zero attached hydrogens (tertiary/aromatic N) is 1. The van der Waals surface area contributed by atoms with E-state index in [2.05, 4.69) is 10.6 Å². The topological polar surface area (TPSA) is 87.7 Å². The first-order valence-electron chi connectivity index (χ1n) is 11.7. The summed E-state index contributed by atoms with van der Waals surface area (Å²) in [6, 6.07) is 12.6. The highest BCUT2D eigenvalue weighted by molar-refractivity contribution is 5.99. The van der Waals surface area contributed by atoms with Gasteiger partial charge < -0.3 is 20.3 Å². The van der Waals surface area contributed by atoms with E-state index in [4.69, 9.17) is 4.74 Å². The molecule has 182 valence electrons. The molecule has 1 unspecified atom stereocenters. The summed E-state index contributed by atoms with van der Waals surface area (Å²) in [6.07, 6.45) is 0.970. The maximum Gasteiger partial charge on any atom is 0.408 e. The molecule has 2 aromatic carbocycles. The molecule has 0 heterocycles. The van der Waals surface area contributed by atoms with E-state index in [1.54, 1.807) is 25.7 Å². The second-order valence-corrected chi connectivity index (χ2v) is 9.96. The maximum atomic E-state index is 13.7. The lowest BCUT2D eigenvalue weighted by Gasteiger charge is -2.32. The molecule has 7 heteroatoms. The Balaban J connectivity index is 1.88. The molecule has 1 atom stereocenters. The predicted octanol–water partition coefficient (Wildman–Crippen LogP) is 4.81. The minimum atomic E-state index is -0.819. The van der Waals surface area contributed by atoms with Gasteiger partial charge >= 0.3 is 6.09 Å². The zero-order chi connectivity index (χ0) is 25.0. The van der Waals surface area contributed by atoms with Gasteiger partial charge in [0.15, 0.2) is 0 Å². The van der Waals surface area contributed by atoms with Gasteiger partial charge in [-0.25, -0.2) is 4.79 Å². The molecule has 0 saturated heterocycles. The van der Waals surface area contributed by atoms with Gasteiger partial charge in [0.2, 0.25) is 5.91 Å². The van der Waals surface area contributed by atoms with Crippen molar-refractivity contribution in [1.82, 2.24) is 10.2 Å². The van der Waals surface area contributed by atoms with Gasteiger partial charge in [-0.15, -0.1) is 0 Å². The minimum Gasteiger partial charge on any atom is -0.444 e. The summed E-state index contributed by atoms with van der Waals surface area (Å²) in [5.41, 5.74) is 3.78. The number of hydrogen-bond acceptors (Lipinski definition) is 4. The van der Waals surface area contributed by atoms with Crippen molar-refractivity contribution in [3.63, 3.8) is 0 Å². The van der Waals surface area contributed by atoms with Crippen LogP contribution < -0.4 is 10.6 Å². The molecule has 3 rings (SSSR count). The van der Waals surface area contributed by atoms with Crippen LogP contribution in [0.3, 0.4) is 0 Å². The van der Waals surface area contributed by atoms with Crippen molar-refractivity contribution in [3.8, 4) is 0 Å². The Morgan fingerprint density at radius 3 is 2.12 bits per heavy atom. The number of rotatable bonds is 7. The zero-order valence-electron chi connectivity index (χ0n) is 20.9. The fourth-order valence-electron chi connectivity index (χ4n) is 3.85. The van der Waals surface area contributed by atoms with Crippen LogP contribution in [0.2, 0.25) is 0 Å². The molecule has 0 aliphatic heterocycles. The summed E-state index contributed by atoms with van der Waals surface area (Å²) in [5, 5.41) is 5.60. The van der Waals surface area contributed by atoms with Crippen molar-refractivity contribution in [2.45, 2.75) is 72.1 Å². The van der Waals surface area contributed by atoms with E-state index in [0.29, 0.717) is 0 Å². The molecule has 1 aliphatic rings. The average molecular weight is 466 g/mol. The van der Waals surface area contributed by atoms with Gasteiger partial charge in [-0.3, -0.25) is 9.59 Å². The summed E-state index contributed by atoms with van der Waals surface area (Å²) in [7, 11) is 0. The SMILES string of the molecule is Cc1ccc(C(C(=O)Nc2c(C)cccc2C)N(C(=O)CNC(=O)OC(C)(C)C)C2CC2)cc1. The number of amides is 3. The van der Waals surface area contributed by atoms with Crippen molar-refractivity contribution in [2.24, 2.45) is 0 Å². The van der Waals surface area contributed by atoms with Gasteiger partial charge in [-0.05, 0) is 71.1 Å². The van der Waals surface area contributed by atoms with Gasteiger partial charge in [-0.2, -0.15) is 0 Å². The van der Waals surface area contributed by atoms with E-state index < -0.39 is 17.7 Å². The summed E-state index contributed by atoms with van der Waals surface area (Å²) < 4.78 is 5.25. The molecular formula is C27H35N3O4.